The molecule has 0 N–H and O–H groups in total. The van der Waals surface area contributed by atoms with Gasteiger partial charge in [-0.15, -0.1) is 11.3 Å². The Kier molecular flexibility index (Phi) is 6.08. The molecule has 0 aliphatic rings. The third-order valence-electron chi connectivity index (χ3n) is 4.13. The lowest BCUT2D eigenvalue weighted by atomic mass is 10.1. The van der Waals surface area contributed by atoms with Crippen LogP contribution >= 0.6 is 11.3 Å². The number of rotatable bonds is 7. The highest BCUT2D eigenvalue weighted by Crippen LogP contribution is 2.33. The van der Waals surface area contributed by atoms with Crippen LogP contribution in [0.25, 0.3) is 10.6 Å². The number of carbonyl (C=O) groups excluding carboxylic acids is 1. The Bertz CT molecular complexity index is 918. The molecular weight excluding hydrogens is 362 g/mol. The molecule has 0 bridgehead atoms. The van der Waals surface area contributed by atoms with Crippen LogP contribution in [0.15, 0.2) is 47.8 Å². The van der Waals surface area contributed by atoms with Crippen LogP contribution in [-0.4, -0.2) is 25.2 Å². The van der Waals surface area contributed by atoms with E-state index in [4.69, 9.17) is 14.2 Å². The van der Waals surface area contributed by atoms with Crippen LogP contribution in [-0.2, 0) is 17.8 Å². The minimum absolute atomic E-state index is 0.137. The van der Waals surface area contributed by atoms with E-state index >= 15 is 0 Å². The van der Waals surface area contributed by atoms with E-state index < -0.39 is 0 Å². The molecule has 0 saturated heterocycles. The summed E-state index contributed by atoms with van der Waals surface area (Å²) < 4.78 is 16.0. The largest absolute Gasteiger partial charge is 0.493 e. The van der Waals surface area contributed by atoms with Crippen molar-refractivity contribution in [3.63, 3.8) is 0 Å². The van der Waals surface area contributed by atoms with Crippen LogP contribution in [0.4, 0.5) is 0 Å². The van der Waals surface area contributed by atoms with Crippen molar-refractivity contribution in [2.24, 2.45) is 0 Å². The van der Waals surface area contributed by atoms with Crippen molar-refractivity contribution in [3.05, 3.63) is 64.7 Å². The Labute approximate surface area is 162 Å². The summed E-state index contributed by atoms with van der Waals surface area (Å²) in [6.07, 6.45) is 0.938. The maximum Gasteiger partial charge on any atom is 0.338 e. The fourth-order valence-electron chi connectivity index (χ4n) is 2.57. The van der Waals surface area contributed by atoms with Gasteiger partial charge in [0.15, 0.2) is 11.5 Å². The van der Waals surface area contributed by atoms with Gasteiger partial charge in [0.2, 0.25) is 0 Å². The molecule has 3 aromatic rings. The second-order valence-corrected chi connectivity index (χ2v) is 6.70. The molecule has 6 heteroatoms. The van der Waals surface area contributed by atoms with E-state index in [-0.39, 0.29) is 12.6 Å². The molecule has 1 heterocycles. The molecule has 3 rings (SSSR count). The Hall–Kier alpha value is -2.86. The number of ether oxygens (including phenoxy) is 3. The van der Waals surface area contributed by atoms with E-state index in [1.165, 1.54) is 16.9 Å². The lowest BCUT2D eigenvalue weighted by Gasteiger charge is -2.08. The molecule has 1 aromatic heterocycles. The zero-order valence-electron chi connectivity index (χ0n) is 15.5. The van der Waals surface area contributed by atoms with E-state index in [0.29, 0.717) is 22.8 Å². The number of methoxy groups -OCH3 is 2. The van der Waals surface area contributed by atoms with Gasteiger partial charge >= 0.3 is 5.97 Å². The zero-order chi connectivity index (χ0) is 19.2. The molecule has 140 valence electrons. The summed E-state index contributed by atoms with van der Waals surface area (Å²) in [5.41, 5.74) is 3.36. The summed E-state index contributed by atoms with van der Waals surface area (Å²) in [6.45, 7) is 2.21. The first-order valence-electron chi connectivity index (χ1n) is 8.57. The quantitative estimate of drug-likeness (QED) is 0.551. The predicted molar refractivity (Wildman–Crippen MR) is 106 cm³/mol. The van der Waals surface area contributed by atoms with Gasteiger partial charge < -0.3 is 14.2 Å². The highest BCUT2D eigenvalue weighted by atomic mass is 32.1. The number of aromatic nitrogens is 1. The normalized spacial score (nSPS) is 10.5. The van der Waals surface area contributed by atoms with Gasteiger partial charge in [-0.2, -0.15) is 0 Å². The van der Waals surface area contributed by atoms with Crippen LogP contribution in [0.5, 0.6) is 11.5 Å². The molecule has 0 unspecified atom stereocenters. The first-order valence-corrected chi connectivity index (χ1v) is 9.45. The van der Waals surface area contributed by atoms with Crippen molar-refractivity contribution >= 4 is 17.3 Å². The monoisotopic (exact) mass is 383 g/mol. The Morgan fingerprint density at radius 3 is 2.44 bits per heavy atom. The number of benzene rings is 2. The maximum absolute atomic E-state index is 12.2. The first-order chi connectivity index (χ1) is 13.1. The van der Waals surface area contributed by atoms with E-state index in [1.807, 2.05) is 35.7 Å². The van der Waals surface area contributed by atoms with E-state index in [0.717, 1.165) is 17.0 Å². The number of hydrogen-bond acceptors (Lipinski definition) is 6. The summed E-state index contributed by atoms with van der Waals surface area (Å²) in [6, 6.07) is 13.1. The van der Waals surface area contributed by atoms with Crippen molar-refractivity contribution in [2.45, 2.75) is 20.0 Å². The van der Waals surface area contributed by atoms with Crippen LogP contribution in [0.1, 0.15) is 28.5 Å². The van der Waals surface area contributed by atoms with Crippen LogP contribution < -0.4 is 9.47 Å². The molecule has 0 fully saturated rings. The maximum atomic E-state index is 12.2. The lowest BCUT2D eigenvalue weighted by Crippen LogP contribution is -2.05. The molecule has 0 amide bonds. The average molecular weight is 383 g/mol. The predicted octanol–water partition coefficient (Wildman–Crippen LogP) is 4.75. The van der Waals surface area contributed by atoms with E-state index in [9.17, 15) is 4.79 Å². The zero-order valence-corrected chi connectivity index (χ0v) is 16.3. The van der Waals surface area contributed by atoms with Crippen molar-refractivity contribution in [3.8, 4) is 22.1 Å². The summed E-state index contributed by atoms with van der Waals surface area (Å²) in [4.78, 5) is 16.7. The molecule has 0 aliphatic heterocycles. The Morgan fingerprint density at radius 1 is 1.04 bits per heavy atom. The number of esters is 1. The van der Waals surface area contributed by atoms with E-state index in [2.05, 4.69) is 11.9 Å². The van der Waals surface area contributed by atoms with E-state index in [1.54, 1.807) is 26.4 Å². The number of carbonyl (C=O) groups is 1. The van der Waals surface area contributed by atoms with Gasteiger partial charge in [0.1, 0.15) is 11.6 Å². The summed E-state index contributed by atoms with van der Waals surface area (Å²) in [7, 11) is 3.20. The highest BCUT2D eigenvalue weighted by Gasteiger charge is 2.12. The summed E-state index contributed by atoms with van der Waals surface area (Å²) in [5.74, 6) is 0.966. The SMILES string of the molecule is CCc1ccc(C(=O)OCc2csc(-c3ccc(OC)c(OC)c3)n2)cc1. The molecule has 0 aliphatic carbocycles. The van der Waals surface area contributed by atoms with Gasteiger partial charge in [-0.05, 0) is 42.3 Å². The standard InChI is InChI=1S/C21H21NO4S/c1-4-14-5-7-15(8-6-14)21(23)26-12-17-13-27-20(22-17)16-9-10-18(24-2)19(11-16)25-3/h5-11,13H,4,12H2,1-3H3. The summed E-state index contributed by atoms with van der Waals surface area (Å²) >= 11 is 1.49. The second kappa shape index (κ2) is 8.68. The number of aryl methyl sites for hydroxylation is 1. The Balaban J connectivity index is 1.66. The number of thiazole rings is 1. The lowest BCUT2D eigenvalue weighted by molar-refractivity contribution is 0.0468. The molecule has 5 nitrogen and oxygen atoms in total. The number of hydrogen-bond donors (Lipinski definition) is 0. The molecular formula is C21H21NO4S. The van der Waals surface area contributed by atoms with Gasteiger partial charge in [0.25, 0.3) is 0 Å². The first kappa shape index (κ1) is 18.9. The minimum Gasteiger partial charge on any atom is -0.493 e. The van der Waals surface area contributed by atoms with Crippen molar-refractivity contribution in [1.29, 1.82) is 0 Å². The number of nitrogens with zero attached hydrogens (tertiary/aromatic N) is 1. The molecule has 0 spiro atoms. The second-order valence-electron chi connectivity index (χ2n) is 5.84. The van der Waals surface area contributed by atoms with Crippen LogP contribution in [0.3, 0.4) is 0 Å². The highest BCUT2D eigenvalue weighted by molar-refractivity contribution is 7.13. The summed E-state index contributed by atoms with van der Waals surface area (Å²) in [5, 5.41) is 2.72. The van der Waals surface area contributed by atoms with Gasteiger partial charge in [-0.1, -0.05) is 19.1 Å². The van der Waals surface area contributed by atoms with Crippen molar-refractivity contribution < 1.29 is 19.0 Å². The smallest absolute Gasteiger partial charge is 0.338 e. The van der Waals surface area contributed by atoms with Crippen LogP contribution in [0.2, 0.25) is 0 Å². The third-order valence-corrected chi connectivity index (χ3v) is 5.07. The van der Waals surface area contributed by atoms with Gasteiger partial charge in [-0.25, -0.2) is 9.78 Å². The topological polar surface area (TPSA) is 57.7 Å². The van der Waals surface area contributed by atoms with Crippen molar-refractivity contribution in [1.82, 2.24) is 4.98 Å². The molecule has 0 saturated carbocycles. The third kappa shape index (κ3) is 4.46. The fraction of sp³-hybridized carbons (Fsp3) is 0.238. The molecule has 0 radical (unpaired) electrons. The molecule has 27 heavy (non-hydrogen) atoms. The Morgan fingerprint density at radius 2 is 1.78 bits per heavy atom. The van der Waals surface area contributed by atoms with Gasteiger partial charge in [0.05, 0.1) is 25.5 Å². The van der Waals surface area contributed by atoms with Crippen LogP contribution in [0, 0.1) is 0 Å². The van der Waals surface area contributed by atoms with Gasteiger partial charge in [-0.3, -0.25) is 0 Å². The molecule has 0 atom stereocenters. The fourth-order valence-corrected chi connectivity index (χ4v) is 3.38. The average Bonchev–Trinajstić information content (AvgIpc) is 3.20. The minimum atomic E-state index is -0.349. The van der Waals surface area contributed by atoms with Gasteiger partial charge in [0, 0.05) is 10.9 Å². The van der Waals surface area contributed by atoms with Crippen molar-refractivity contribution in [2.75, 3.05) is 14.2 Å². The molecule has 2 aromatic carbocycles.